The Labute approximate surface area is 115 Å². The van der Waals surface area contributed by atoms with Crippen molar-refractivity contribution >= 4 is 17.8 Å². The molecule has 2 rings (SSSR count). The van der Waals surface area contributed by atoms with Crippen molar-refractivity contribution in [2.24, 2.45) is 11.8 Å². The fourth-order valence-corrected chi connectivity index (χ4v) is 2.50. The molecule has 0 bridgehead atoms. The van der Waals surface area contributed by atoms with Gasteiger partial charge in [-0.1, -0.05) is 13.3 Å². The second-order valence-electron chi connectivity index (χ2n) is 5.59. The molecule has 0 aromatic carbocycles. The van der Waals surface area contributed by atoms with Crippen LogP contribution in [0, 0.1) is 11.8 Å². The van der Waals surface area contributed by atoms with Crippen LogP contribution in [0.5, 0.6) is 0 Å². The second-order valence-corrected chi connectivity index (χ2v) is 5.59. The Bertz CT molecular complexity index is 420. The minimum Gasteiger partial charge on any atom is -0.357 e. The lowest BCUT2D eigenvalue weighted by Gasteiger charge is -2.15. The van der Waals surface area contributed by atoms with E-state index in [1.807, 2.05) is 26.0 Å². The minimum atomic E-state index is 0.598. The molecular formula is C13H24N6. The van der Waals surface area contributed by atoms with E-state index in [2.05, 4.69) is 32.5 Å². The van der Waals surface area contributed by atoms with Crippen molar-refractivity contribution in [1.82, 2.24) is 15.0 Å². The van der Waals surface area contributed by atoms with Crippen LogP contribution in [0.25, 0.3) is 0 Å². The molecule has 19 heavy (non-hydrogen) atoms. The van der Waals surface area contributed by atoms with Gasteiger partial charge in [-0.2, -0.15) is 15.0 Å². The molecule has 2 atom stereocenters. The molecule has 1 saturated carbocycles. The van der Waals surface area contributed by atoms with E-state index < -0.39 is 0 Å². The number of anilines is 3. The zero-order chi connectivity index (χ0) is 13.8. The van der Waals surface area contributed by atoms with E-state index >= 15 is 0 Å². The number of hydrogen-bond acceptors (Lipinski definition) is 6. The zero-order valence-electron chi connectivity index (χ0n) is 12.3. The molecule has 0 saturated heterocycles. The standard InChI is InChI=1S/C13H24N6/c1-9-5-6-10(7-9)8-15-12-16-11(14-2)17-13(18-12)19(3)4/h9-10H,5-8H2,1-4H3,(H2,14,15,16,17,18). The highest BCUT2D eigenvalue weighted by Crippen LogP contribution is 2.30. The summed E-state index contributed by atoms with van der Waals surface area (Å²) in [4.78, 5) is 14.9. The highest BCUT2D eigenvalue weighted by molar-refractivity contribution is 5.42. The smallest absolute Gasteiger partial charge is 0.231 e. The van der Waals surface area contributed by atoms with Crippen molar-refractivity contribution in [3.63, 3.8) is 0 Å². The largest absolute Gasteiger partial charge is 0.357 e. The summed E-state index contributed by atoms with van der Waals surface area (Å²) in [6, 6.07) is 0. The summed E-state index contributed by atoms with van der Waals surface area (Å²) in [5, 5.41) is 6.32. The third-order valence-corrected chi connectivity index (χ3v) is 3.60. The number of nitrogens with zero attached hydrogens (tertiary/aromatic N) is 4. The van der Waals surface area contributed by atoms with Gasteiger partial charge in [0.25, 0.3) is 0 Å². The summed E-state index contributed by atoms with van der Waals surface area (Å²) in [5.41, 5.74) is 0. The van der Waals surface area contributed by atoms with Crippen molar-refractivity contribution in [3.05, 3.63) is 0 Å². The molecule has 1 aromatic rings. The Morgan fingerprint density at radius 2 is 1.89 bits per heavy atom. The van der Waals surface area contributed by atoms with Crippen LogP contribution in [0.15, 0.2) is 0 Å². The molecule has 1 fully saturated rings. The fraction of sp³-hybridized carbons (Fsp3) is 0.769. The monoisotopic (exact) mass is 264 g/mol. The lowest BCUT2D eigenvalue weighted by Crippen LogP contribution is -2.18. The van der Waals surface area contributed by atoms with E-state index in [1.165, 1.54) is 19.3 Å². The molecule has 0 aliphatic heterocycles. The van der Waals surface area contributed by atoms with Crippen LogP contribution in [-0.2, 0) is 0 Å². The molecule has 0 radical (unpaired) electrons. The minimum absolute atomic E-state index is 0.598. The Morgan fingerprint density at radius 1 is 1.16 bits per heavy atom. The highest BCUT2D eigenvalue weighted by Gasteiger charge is 2.21. The second kappa shape index (κ2) is 6.04. The maximum absolute atomic E-state index is 4.41. The summed E-state index contributed by atoms with van der Waals surface area (Å²) in [6.07, 6.45) is 3.95. The average Bonchev–Trinajstić information content (AvgIpc) is 2.81. The molecule has 0 amide bonds. The van der Waals surface area contributed by atoms with Gasteiger partial charge < -0.3 is 15.5 Å². The van der Waals surface area contributed by atoms with Gasteiger partial charge in [-0.3, -0.25) is 0 Å². The highest BCUT2D eigenvalue weighted by atomic mass is 15.3. The summed E-state index contributed by atoms with van der Waals surface area (Å²) < 4.78 is 0. The molecule has 1 heterocycles. The van der Waals surface area contributed by atoms with Crippen molar-refractivity contribution < 1.29 is 0 Å². The van der Waals surface area contributed by atoms with Gasteiger partial charge in [-0.25, -0.2) is 0 Å². The van der Waals surface area contributed by atoms with E-state index in [4.69, 9.17) is 0 Å². The van der Waals surface area contributed by atoms with Crippen LogP contribution in [0.1, 0.15) is 26.2 Å². The molecular weight excluding hydrogens is 240 g/mol. The number of hydrogen-bond donors (Lipinski definition) is 2. The van der Waals surface area contributed by atoms with E-state index in [0.29, 0.717) is 17.8 Å². The number of aromatic nitrogens is 3. The van der Waals surface area contributed by atoms with E-state index in [9.17, 15) is 0 Å². The van der Waals surface area contributed by atoms with Crippen LogP contribution >= 0.6 is 0 Å². The summed E-state index contributed by atoms with van der Waals surface area (Å²) >= 11 is 0. The van der Waals surface area contributed by atoms with Crippen molar-refractivity contribution in [2.45, 2.75) is 26.2 Å². The number of nitrogens with one attached hydrogen (secondary N) is 2. The lowest BCUT2D eigenvalue weighted by molar-refractivity contribution is 0.536. The summed E-state index contributed by atoms with van der Waals surface area (Å²) in [6.45, 7) is 3.27. The quantitative estimate of drug-likeness (QED) is 0.846. The first kappa shape index (κ1) is 13.8. The maximum atomic E-state index is 4.41. The van der Waals surface area contributed by atoms with Crippen LogP contribution in [0.3, 0.4) is 0 Å². The first-order valence-corrected chi connectivity index (χ1v) is 6.93. The normalized spacial score (nSPS) is 22.3. The van der Waals surface area contributed by atoms with Crippen LogP contribution in [0.2, 0.25) is 0 Å². The lowest BCUT2D eigenvalue weighted by atomic mass is 10.1. The van der Waals surface area contributed by atoms with E-state index in [1.54, 1.807) is 0 Å². The SMILES string of the molecule is CNc1nc(NCC2CCC(C)C2)nc(N(C)C)n1. The predicted octanol–water partition coefficient (Wildman–Crippen LogP) is 1.83. The fourth-order valence-electron chi connectivity index (χ4n) is 2.50. The zero-order valence-corrected chi connectivity index (χ0v) is 12.3. The predicted molar refractivity (Wildman–Crippen MR) is 78.7 cm³/mol. The van der Waals surface area contributed by atoms with Crippen LogP contribution in [0.4, 0.5) is 17.8 Å². The van der Waals surface area contributed by atoms with Gasteiger partial charge in [0, 0.05) is 27.7 Å². The molecule has 1 aliphatic rings. The third kappa shape index (κ3) is 3.68. The average molecular weight is 264 g/mol. The van der Waals surface area contributed by atoms with Gasteiger partial charge in [0.1, 0.15) is 0 Å². The van der Waals surface area contributed by atoms with Gasteiger partial charge in [0.2, 0.25) is 17.8 Å². The van der Waals surface area contributed by atoms with Crippen LogP contribution < -0.4 is 15.5 Å². The van der Waals surface area contributed by atoms with Crippen molar-refractivity contribution in [2.75, 3.05) is 43.2 Å². The molecule has 106 valence electrons. The molecule has 2 unspecified atom stereocenters. The third-order valence-electron chi connectivity index (χ3n) is 3.60. The Kier molecular flexibility index (Phi) is 4.39. The topological polar surface area (TPSA) is 66.0 Å². The molecule has 0 spiro atoms. The van der Waals surface area contributed by atoms with Gasteiger partial charge in [0.05, 0.1) is 0 Å². The van der Waals surface area contributed by atoms with Gasteiger partial charge in [-0.15, -0.1) is 0 Å². The summed E-state index contributed by atoms with van der Waals surface area (Å²) in [7, 11) is 5.67. The van der Waals surface area contributed by atoms with Gasteiger partial charge in [0.15, 0.2) is 0 Å². The number of rotatable bonds is 5. The van der Waals surface area contributed by atoms with Gasteiger partial charge in [-0.05, 0) is 24.7 Å². The molecule has 1 aliphatic carbocycles. The first-order chi connectivity index (χ1) is 9.08. The molecule has 6 heteroatoms. The molecule has 2 N–H and O–H groups in total. The van der Waals surface area contributed by atoms with E-state index in [0.717, 1.165) is 18.4 Å². The first-order valence-electron chi connectivity index (χ1n) is 6.93. The van der Waals surface area contributed by atoms with Crippen molar-refractivity contribution in [3.8, 4) is 0 Å². The molecule has 1 aromatic heterocycles. The Morgan fingerprint density at radius 3 is 2.47 bits per heavy atom. The van der Waals surface area contributed by atoms with Crippen LogP contribution in [-0.4, -0.2) is 42.6 Å². The molecule has 6 nitrogen and oxygen atoms in total. The maximum Gasteiger partial charge on any atom is 0.231 e. The Hall–Kier alpha value is -1.59. The van der Waals surface area contributed by atoms with Gasteiger partial charge >= 0.3 is 0 Å². The summed E-state index contributed by atoms with van der Waals surface area (Å²) in [5.74, 6) is 3.52. The van der Waals surface area contributed by atoms with Crippen molar-refractivity contribution in [1.29, 1.82) is 0 Å². The Balaban J connectivity index is 2.00. The van der Waals surface area contributed by atoms with E-state index in [-0.39, 0.29) is 0 Å².